The molecule has 0 aliphatic heterocycles. The Balaban J connectivity index is 3.98. The third kappa shape index (κ3) is 3.64. The van der Waals surface area contributed by atoms with Gasteiger partial charge in [0.15, 0.2) is 0 Å². The molecule has 34 valence electrons. The van der Waals surface area contributed by atoms with Crippen LogP contribution in [-0.2, 0) is 6.14 Å². The van der Waals surface area contributed by atoms with Crippen molar-refractivity contribution in [2.24, 2.45) is 3.33 Å². The van der Waals surface area contributed by atoms with Crippen LogP contribution < -0.4 is 0 Å². The van der Waals surface area contributed by atoms with Crippen LogP contribution in [-0.4, -0.2) is 0 Å². The Morgan fingerprint density at radius 3 is 2.17 bits per heavy atom. The van der Waals surface area contributed by atoms with Crippen LogP contribution in [0, 0.1) is 0 Å². The van der Waals surface area contributed by atoms with Gasteiger partial charge in [0.2, 0.25) is 0 Å². The SMILES string of the molecule is [N-]=[N+]=NI(=O)=O. The van der Waals surface area contributed by atoms with Gasteiger partial charge in [0.05, 0.1) is 0 Å². The first-order valence-corrected chi connectivity index (χ1v) is 3.60. The van der Waals surface area contributed by atoms with Gasteiger partial charge in [-0.2, -0.15) is 0 Å². The molecule has 0 aliphatic carbocycles. The Hall–Kier alpha value is -0.360. The number of azide groups is 1. The molecule has 0 saturated carbocycles. The molecule has 0 aliphatic rings. The molecule has 0 unspecified atom stereocenters. The first kappa shape index (κ1) is 5.64. The fraction of sp³-hybridized carbons (Fsp3) is 0. The molecule has 0 radical (unpaired) electrons. The van der Waals surface area contributed by atoms with E-state index in [1.165, 1.54) is 0 Å². The minimum Gasteiger partial charge on any atom is -0.227 e. The standard InChI is InChI=1S/IN3O2/c2-4-3-1(5)6. The summed E-state index contributed by atoms with van der Waals surface area (Å²) in [5.41, 5.74) is 7.33. The maximum atomic E-state index is 9.31. The highest BCUT2D eigenvalue weighted by Crippen LogP contribution is 2.02. The van der Waals surface area contributed by atoms with Gasteiger partial charge in [-0.25, -0.2) is 6.14 Å². The summed E-state index contributed by atoms with van der Waals surface area (Å²) in [5.74, 6) is 0. The number of nitrogens with zero attached hydrogens (tertiary/aromatic N) is 3. The van der Waals surface area contributed by atoms with Gasteiger partial charge < -0.3 is 0 Å². The van der Waals surface area contributed by atoms with Crippen LogP contribution in [0.25, 0.3) is 10.4 Å². The molecule has 0 bridgehead atoms. The van der Waals surface area contributed by atoms with E-state index >= 15 is 0 Å². The van der Waals surface area contributed by atoms with Crippen LogP contribution >= 0.6 is 20.1 Å². The minimum atomic E-state index is -3.60. The van der Waals surface area contributed by atoms with Crippen LogP contribution in [0.5, 0.6) is 0 Å². The quantitative estimate of drug-likeness (QED) is 0.278. The van der Waals surface area contributed by atoms with E-state index in [0.29, 0.717) is 0 Å². The van der Waals surface area contributed by atoms with Crippen LogP contribution in [0.1, 0.15) is 0 Å². The second-order valence-electron chi connectivity index (χ2n) is 0.366. The highest BCUT2D eigenvalue weighted by molar-refractivity contribution is 14.2. The lowest BCUT2D eigenvalue weighted by Crippen LogP contribution is -1.17. The second-order valence-corrected chi connectivity index (χ2v) is 1.94. The summed E-state index contributed by atoms with van der Waals surface area (Å²) < 4.78 is 21.0. The van der Waals surface area contributed by atoms with Crippen molar-refractivity contribution in [3.8, 4) is 0 Å². The van der Waals surface area contributed by atoms with Crippen molar-refractivity contribution < 1.29 is 6.14 Å². The van der Waals surface area contributed by atoms with Gasteiger partial charge in [0, 0.05) is 8.24 Å². The Labute approximate surface area is 40.5 Å². The molecule has 5 nitrogen and oxygen atoms in total. The van der Waals surface area contributed by atoms with Crippen molar-refractivity contribution in [3.63, 3.8) is 0 Å². The zero-order valence-corrected chi connectivity index (χ0v) is 4.69. The molecule has 0 spiro atoms. The summed E-state index contributed by atoms with van der Waals surface area (Å²) in [6, 6.07) is 0. The zero-order valence-electron chi connectivity index (χ0n) is 2.54. The molecule has 0 aromatic rings. The third-order valence-corrected chi connectivity index (χ3v) is 0.641. The van der Waals surface area contributed by atoms with Crippen molar-refractivity contribution in [3.05, 3.63) is 10.4 Å². The predicted octanol–water partition coefficient (Wildman–Crippen LogP) is 1.41. The summed E-state index contributed by atoms with van der Waals surface area (Å²) in [5, 5.41) is 0. The average molecular weight is 201 g/mol. The molecule has 0 heterocycles. The topological polar surface area (TPSA) is 82.9 Å². The van der Waals surface area contributed by atoms with Crippen LogP contribution in [0.3, 0.4) is 0 Å². The van der Waals surface area contributed by atoms with E-state index < -0.39 is 20.1 Å². The fourth-order valence-corrected chi connectivity index (χ4v) is 0.185. The summed E-state index contributed by atoms with van der Waals surface area (Å²) >= 11 is -3.60. The van der Waals surface area contributed by atoms with Gasteiger partial charge in [-0.3, -0.25) is 0 Å². The maximum absolute atomic E-state index is 9.31. The van der Waals surface area contributed by atoms with E-state index in [0.717, 1.165) is 0 Å². The monoisotopic (exact) mass is 201 g/mol. The zero-order chi connectivity index (χ0) is 4.99. The van der Waals surface area contributed by atoms with E-state index in [1.54, 1.807) is 0 Å². The van der Waals surface area contributed by atoms with Gasteiger partial charge in [-0.1, -0.05) is 0 Å². The number of hydrogen-bond acceptors (Lipinski definition) is 2. The van der Waals surface area contributed by atoms with E-state index in [2.05, 4.69) is 3.33 Å². The molecule has 0 aromatic heterocycles. The summed E-state index contributed by atoms with van der Waals surface area (Å²) in [4.78, 5) is 2.00. The fourth-order valence-electron chi connectivity index (χ4n) is 0.0276. The summed E-state index contributed by atoms with van der Waals surface area (Å²) in [7, 11) is 0. The molecule has 6 heteroatoms. The molecule has 0 atom stereocenters. The molecular weight excluding hydrogens is 201 g/mol. The second kappa shape index (κ2) is 2.86. The number of rotatable bonds is 1. The smallest absolute Gasteiger partial charge is 0.227 e. The van der Waals surface area contributed by atoms with Crippen molar-refractivity contribution in [1.29, 1.82) is 0 Å². The third-order valence-electron chi connectivity index (χ3n) is 0.0955. The van der Waals surface area contributed by atoms with Crippen LogP contribution in [0.15, 0.2) is 3.33 Å². The number of halogens is 1. The molecule has 0 N–H and O–H groups in total. The van der Waals surface area contributed by atoms with Crippen molar-refractivity contribution in [2.75, 3.05) is 0 Å². The predicted molar refractivity (Wildman–Crippen MR) is 24.5 cm³/mol. The molecule has 0 amide bonds. The molecule has 6 heavy (non-hydrogen) atoms. The summed E-state index contributed by atoms with van der Waals surface area (Å²) in [6.07, 6.45) is 0. The Bertz CT molecular complexity index is 131. The van der Waals surface area contributed by atoms with E-state index in [9.17, 15) is 6.14 Å². The van der Waals surface area contributed by atoms with Crippen LogP contribution in [0.2, 0.25) is 0 Å². The Morgan fingerprint density at radius 2 is 2.17 bits per heavy atom. The van der Waals surface area contributed by atoms with Gasteiger partial charge in [-0.15, -0.1) is 0 Å². The largest absolute Gasteiger partial charge is 0.402 e. The maximum Gasteiger partial charge on any atom is 0.402 e. The van der Waals surface area contributed by atoms with E-state index in [1.807, 2.05) is 4.91 Å². The molecule has 0 aromatic carbocycles. The normalized spacial score (nSPS) is 7.50. The van der Waals surface area contributed by atoms with Crippen molar-refractivity contribution in [1.82, 2.24) is 0 Å². The van der Waals surface area contributed by atoms with Gasteiger partial charge in [0.25, 0.3) is 0 Å². The number of hydrogen-bond donors (Lipinski definition) is 0. The minimum absolute atomic E-state index is 2.00. The molecule has 0 fully saturated rings. The van der Waals surface area contributed by atoms with Gasteiger partial charge >= 0.3 is 20.1 Å². The summed E-state index contributed by atoms with van der Waals surface area (Å²) in [6.45, 7) is 0. The van der Waals surface area contributed by atoms with Gasteiger partial charge in [0.1, 0.15) is 0 Å². The molecule has 0 rings (SSSR count). The Morgan fingerprint density at radius 1 is 1.67 bits per heavy atom. The first-order valence-electron chi connectivity index (χ1n) is 0.878. The lowest BCUT2D eigenvalue weighted by atomic mass is 13.0. The molecule has 0 saturated heterocycles. The molecular formula is IN3O2. The first-order chi connectivity index (χ1) is 2.77. The van der Waals surface area contributed by atoms with Crippen LogP contribution in [0.4, 0.5) is 0 Å². The van der Waals surface area contributed by atoms with Crippen molar-refractivity contribution in [2.45, 2.75) is 0 Å². The lowest BCUT2D eigenvalue weighted by molar-refractivity contribution is 0.609. The lowest BCUT2D eigenvalue weighted by Gasteiger charge is -1.42. The van der Waals surface area contributed by atoms with E-state index in [4.69, 9.17) is 5.53 Å². The highest BCUT2D eigenvalue weighted by Gasteiger charge is 1.70. The van der Waals surface area contributed by atoms with Gasteiger partial charge in [-0.05, 0) is 5.53 Å². The Kier molecular flexibility index (Phi) is 2.68. The van der Waals surface area contributed by atoms with Crippen molar-refractivity contribution >= 4 is 20.1 Å². The highest BCUT2D eigenvalue weighted by atomic mass is 127. The average Bonchev–Trinajstić information content (AvgIpc) is 1.35. The van der Waals surface area contributed by atoms with E-state index in [-0.39, 0.29) is 0 Å².